The van der Waals surface area contributed by atoms with E-state index in [2.05, 4.69) is 10.3 Å². The molecule has 0 bridgehead atoms. The Balaban J connectivity index is 1.98. The number of aliphatic hydroxyl groups is 1. The van der Waals surface area contributed by atoms with Crippen LogP contribution in [0.2, 0.25) is 0 Å². The summed E-state index contributed by atoms with van der Waals surface area (Å²) >= 11 is 0. The summed E-state index contributed by atoms with van der Waals surface area (Å²) in [5.74, 6) is 1.19. The average Bonchev–Trinajstić information content (AvgIpc) is 2.47. The number of ether oxygens (including phenoxy) is 2. The summed E-state index contributed by atoms with van der Waals surface area (Å²) in [6.07, 6.45) is 1.06. The third-order valence-electron chi connectivity index (χ3n) is 2.69. The summed E-state index contributed by atoms with van der Waals surface area (Å²) in [4.78, 5) is 15.7. The largest absolute Gasteiger partial charge is 0.457 e. The molecule has 1 aromatic heterocycles. The van der Waals surface area contributed by atoms with Gasteiger partial charge in [0, 0.05) is 18.0 Å². The van der Waals surface area contributed by atoms with Crippen molar-refractivity contribution >= 4 is 11.8 Å². The van der Waals surface area contributed by atoms with E-state index >= 15 is 0 Å². The molecule has 2 rings (SSSR count). The number of hydrogen-bond acceptors (Lipinski definition) is 5. The Hall–Kier alpha value is -2.60. The maximum atomic E-state index is 11.7. The Morgan fingerprint density at radius 2 is 1.87 bits per heavy atom. The molecule has 23 heavy (non-hydrogen) atoms. The van der Waals surface area contributed by atoms with E-state index in [9.17, 15) is 4.79 Å². The van der Waals surface area contributed by atoms with Gasteiger partial charge in [0.15, 0.2) is 0 Å². The minimum atomic E-state index is -0.543. The molecule has 0 fully saturated rings. The van der Waals surface area contributed by atoms with E-state index < -0.39 is 11.7 Å². The van der Waals surface area contributed by atoms with Crippen molar-refractivity contribution in [1.82, 2.24) is 4.98 Å². The van der Waals surface area contributed by atoms with Crippen LogP contribution < -0.4 is 10.1 Å². The normalized spacial score (nSPS) is 11.0. The monoisotopic (exact) mass is 316 g/mol. The quantitative estimate of drug-likeness (QED) is 0.898. The third kappa shape index (κ3) is 5.60. The van der Waals surface area contributed by atoms with E-state index in [-0.39, 0.29) is 6.61 Å². The second-order valence-corrected chi connectivity index (χ2v) is 5.89. The third-order valence-corrected chi connectivity index (χ3v) is 2.69. The van der Waals surface area contributed by atoms with Crippen LogP contribution in [0.1, 0.15) is 26.5 Å². The molecule has 2 N–H and O–H groups in total. The van der Waals surface area contributed by atoms with Crippen molar-refractivity contribution in [2.24, 2.45) is 0 Å². The first-order chi connectivity index (χ1) is 10.9. The molecule has 1 aromatic carbocycles. The second kappa shape index (κ2) is 7.11. The first-order valence-electron chi connectivity index (χ1n) is 7.19. The molecule has 0 atom stereocenters. The van der Waals surface area contributed by atoms with Gasteiger partial charge in [0.05, 0.1) is 12.3 Å². The van der Waals surface area contributed by atoms with Crippen molar-refractivity contribution in [2.75, 3.05) is 5.32 Å². The molecule has 122 valence electrons. The molecule has 1 amide bonds. The number of benzene rings is 1. The second-order valence-electron chi connectivity index (χ2n) is 5.89. The van der Waals surface area contributed by atoms with E-state index in [1.165, 1.54) is 0 Å². The van der Waals surface area contributed by atoms with Gasteiger partial charge in [0.2, 0.25) is 0 Å². The van der Waals surface area contributed by atoms with Gasteiger partial charge < -0.3 is 14.6 Å². The number of aliphatic hydroxyl groups excluding tert-OH is 1. The van der Waals surface area contributed by atoms with Gasteiger partial charge in [-0.1, -0.05) is 0 Å². The highest BCUT2D eigenvalue weighted by atomic mass is 16.6. The van der Waals surface area contributed by atoms with Crippen LogP contribution in [-0.4, -0.2) is 21.8 Å². The van der Waals surface area contributed by atoms with Gasteiger partial charge in [0.25, 0.3) is 0 Å². The summed E-state index contributed by atoms with van der Waals surface area (Å²) in [6.45, 7) is 5.27. The maximum absolute atomic E-state index is 11.7. The van der Waals surface area contributed by atoms with E-state index in [0.717, 1.165) is 0 Å². The van der Waals surface area contributed by atoms with Crippen LogP contribution >= 0.6 is 0 Å². The molecular formula is C17H20N2O4. The lowest BCUT2D eigenvalue weighted by Crippen LogP contribution is -2.27. The maximum Gasteiger partial charge on any atom is 0.412 e. The molecule has 0 saturated carbocycles. The molecule has 2 aromatic rings. The fourth-order valence-electron chi connectivity index (χ4n) is 1.77. The van der Waals surface area contributed by atoms with Gasteiger partial charge in [-0.2, -0.15) is 0 Å². The van der Waals surface area contributed by atoms with Gasteiger partial charge in [0.1, 0.15) is 17.1 Å². The zero-order valence-corrected chi connectivity index (χ0v) is 13.4. The van der Waals surface area contributed by atoms with Gasteiger partial charge >= 0.3 is 6.09 Å². The Morgan fingerprint density at radius 1 is 1.17 bits per heavy atom. The van der Waals surface area contributed by atoms with Crippen LogP contribution in [0.4, 0.5) is 10.5 Å². The lowest BCUT2D eigenvalue weighted by Gasteiger charge is -2.19. The van der Waals surface area contributed by atoms with Crippen molar-refractivity contribution in [1.29, 1.82) is 0 Å². The highest BCUT2D eigenvalue weighted by Gasteiger charge is 2.16. The zero-order valence-electron chi connectivity index (χ0n) is 13.4. The van der Waals surface area contributed by atoms with Crippen molar-refractivity contribution < 1.29 is 19.4 Å². The molecular weight excluding hydrogens is 296 g/mol. The lowest BCUT2D eigenvalue weighted by molar-refractivity contribution is 0.0636. The number of aromatic nitrogens is 1. The molecule has 0 aliphatic rings. The Morgan fingerprint density at radius 3 is 2.48 bits per heavy atom. The number of nitrogens with zero attached hydrogens (tertiary/aromatic N) is 1. The van der Waals surface area contributed by atoms with E-state index in [0.29, 0.717) is 22.9 Å². The first-order valence-corrected chi connectivity index (χ1v) is 7.19. The Bertz CT molecular complexity index is 663. The smallest absolute Gasteiger partial charge is 0.412 e. The molecule has 0 aliphatic heterocycles. The molecule has 0 radical (unpaired) electrons. The predicted octanol–water partition coefficient (Wildman–Crippen LogP) is 3.71. The SMILES string of the molecule is CC(C)(C)OC(=O)Nc1ccc(Oc2ccnc(CO)c2)cc1. The Labute approximate surface area is 135 Å². The van der Waals surface area contributed by atoms with Gasteiger partial charge in [-0.05, 0) is 51.1 Å². The van der Waals surface area contributed by atoms with Crippen LogP contribution in [0.5, 0.6) is 11.5 Å². The highest BCUT2D eigenvalue weighted by molar-refractivity contribution is 5.84. The Kier molecular flexibility index (Phi) is 5.18. The molecule has 0 aliphatic carbocycles. The molecule has 6 heteroatoms. The summed E-state index contributed by atoms with van der Waals surface area (Å²) < 4.78 is 10.8. The molecule has 0 spiro atoms. The van der Waals surface area contributed by atoms with Crippen molar-refractivity contribution in [3.05, 3.63) is 48.3 Å². The summed E-state index contributed by atoms with van der Waals surface area (Å²) in [7, 11) is 0. The van der Waals surface area contributed by atoms with Crippen LogP contribution in [0.15, 0.2) is 42.6 Å². The predicted molar refractivity (Wildman–Crippen MR) is 86.5 cm³/mol. The van der Waals surface area contributed by atoms with Gasteiger partial charge in [-0.3, -0.25) is 10.3 Å². The van der Waals surface area contributed by atoms with Gasteiger partial charge in [-0.15, -0.1) is 0 Å². The number of amides is 1. The number of hydrogen-bond donors (Lipinski definition) is 2. The van der Waals surface area contributed by atoms with Crippen LogP contribution in [0, 0.1) is 0 Å². The summed E-state index contributed by atoms with van der Waals surface area (Å²) in [5, 5.41) is 11.7. The van der Waals surface area contributed by atoms with Crippen molar-refractivity contribution in [3.8, 4) is 11.5 Å². The topological polar surface area (TPSA) is 80.7 Å². The first kappa shape index (κ1) is 16.8. The van der Waals surface area contributed by atoms with Crippen LogP contribution in [-0.2, 0) is 11.3 Å². The zero-order chi connectivity index (χ0) is 16.9. The molecule has 0 saturated heterocycles. The van der Waals surface area contributed by atoms with Gasteiger partial charge in [-0.25, -0.2) is 4.79 Å². The number of carbonyl (C=O) groups excluding carboxylic acids is 1. The summed E-state index contributed by atoms with van der Waals surface area (Å²) in [6, 6.07) is 10.2. The molecule has 0 unspecified atom stereocenters. The molecule has 1 heterocycles. The average molecular weight is 316 g/mol. The molecule has 6 nitrogen and oxygen atoms in total. The fourth-order valence-corrected chi connectivity index (χ4v) is 1.77. The lowest BCUT2D eigenvalue weighted by atomic mass is 10.2. The van der Waals surface area contributed by atoms with E-state index in [1.807, 2.05) is 0 Å². The summed E-state index contributed by atoms with van der Waals surface area (Å²) in [5.41, 5.74) is 0.599. The number of rotatable bonds is 4. The van der Waals surface area contributed by atoms with Crippen LogP contribution in [0.3, 0.4) is 0 Å². The standard InChI is InChI=1S/C17H20N2O4/c1-17(2,3)23-16(21)19-12-4-6-14(7-5-12)22-15-8-9-18-13(10-15)11-20/h4-10,20H,11H2,1-3H3,(H,19,21). The van der Waals surface area contributed by atoms with E-state index in [4.69, 9.17) is 14.6 Å². The minimum absolute atomic E-state index is 0.143. The number of pyridine rings is 1. The fraction of sp³-hybridized carbons (Fsp3) is 0.294. The van der Waals surface area contributed by atoms with Crippen molar-refractivity contribution in [3.63, 3.8) is 0 Å². The van der Waals surface area contributed by atoms with Crippen LogP contribution in [0.25, 0.3) is 0 Å². The van der Waals surface area contributed by atoms with E-state index in [1.54, 1.807) is 63.4 Å². The number of anilines is 1. The minimum Gasteiger partial charge on any atom is -0.457 e. The number of nitrogens with one attached hydrogen (secondary N) is 1. The highest BCUT2D eigenvalue weighted by Crippen LogP contribution is 2.23. The van der Waals surface area contributed by atoms with Crippen molar-refractivity contribution in [2.45, 2.75) is 33.0 Å². The number of carbonyl (C=O) groups is 1.